The van der Waals surface area contributed by atoms with Crippen molar-refractivity contribution >= 4 is 0 Å². The Morgan fingerprint density at radius 3 is 2.55 bits per heavy atom. The molecule has 1 rings (SSSR count). The lowest BCUT2D eigenvalue weighted by Crippen LogP contribution is -2.38. The molecule has 0 aliphatic heterocycles. The second kappa shape index (κ2) is 4.73. The molecule has 0 aromatic heterocycles. The van der Waals surface area contributed by atoms with Gasteiger partial charge in [-0.25, -0.2) is 0 Å². The van der Waals surface area contributed by atoms with Gasteiger partial charge in [0, 0.05) is 18.6 Å². The van der Waals surface area contributed by atoms with Crippen molar-refractivity contribution in [1.29, 1.82) is 0 Å². The fourth-order valence-corrected chi connectivity index (χ4v) is 1.58. The summed E-state index contributed by atoms with van der Waals surface area (Å²) in [6.07, 6.45) is 5.62. The fraction of sp³-hybridized carbons (Fsp3) is 1.00. The maximum atomic E-state index is 3.57. The Morgan fingerprint density at radius 1 is 1.36 bits per heavy atom. The average molecular weight is 156 g/mol. The third-order valence-electron chi connectivity index (χ3n) is 2.56. The van der Waals surface area contributed by atoms with Crippen LogP contribution in [-0.2, 0) is 0 Å². The van der Waals surface area contributed by atoms with Gasteiger partial charge in [-0.05, 0) is 26.8 Å². The number of hydrogen-bond donors (Lipinski definition) is 2. The van der Waals surface area contributed by atoms with Crippen LogP contribution in [0.2, 0.25) is 0 Å². The fourth-order valence-electron chi connectivity index (χ4n) is 1.58. The molecule has 0 aromatic rings. The van der Waals surface area contributed by atoms with Gasteiger partial charge in [0.15, 0.2) is 0 Å². The van der Waals surface area contributed by atoms with E-state index in [-0.39, 0.29) is 0 Å². The van der Waals surface area contributed by atoms with E-state index < -0.39 is 0 Å². The van der Waals surface area contributed by atoms with Crippen molar-refractivity contribution in [1.82, 2.24) is 10.6 Å². The van der Waals surface area contributed by atoms with Gasteiger partial charge in [-0.15, -0.1) is 0 Å². The molecule has 1 aliphatic carbocycles. The highest BCUT2D eigenvalue weighted by molar-refractivity contribution is 4.75. The van der Waals surface area contributed by atoms with Crippen LogP contribution in [0.5, 0.6) is 0 Å². The summed E-state index contributed by atoms with van der Waals surface area (Å²) in [5.74, 6) is 0. The molecule has 1 fully saturated rings. The summed E-state index contributed by atoms with van der Waals surface area (Å²) >= 11 is 0. The van der Waals surface area contributed by atoms with E-state index in [0.717, 1.165) is 12.6 Å². The van der Waals surface area contributed by atoms with Crippen LogP contribution in [0, 0.1) is 0 Å². The monoisotopic (exact) mass is 156 g/mol. The molecule has 66 valence electrons. The van der Waals surface area contributed by atoms with E-state index in [9.17, 15) is 0 Å². The molecule has 1 aliphatic rings. The van der Waals surface area contributed by atoms with E-state index in [1.54, 1.807) is 0 Å². The van der Waals surface area contributed by atoms with Crippen molar-refractivity contribution in [2.45, 2.75) is 44.7 Å². The quantitative estimate of drug-likeness (QED) is 0.637. The maximum absolute atomic E-state index is 3.57. The standard InChI is InChI=1S/C9H20N2/c1-8(10-2)7-11-9-5-3-4-6-9/h8-11H,3-7H2,1-2H3/t8-/m0/s1. The lowest BCUT2D eigenvalue weighted by atomic mass is 10.2. The van der Waals surface area contributed by atoms with Crippen molar-refractivity contribution < 1.29 is 0 Å². The molecule has 2 nitrogen and oxygen atoms in total. The molecule has 0 saturated heterocycles. The zero-order valence-corrected chi connectivity index (χ0v) is 7.69. The first kappa shape index (κ1) is 9.01. The molecular weight excluding hydrogens is 136 g/mol. The normalized spacial score (nSPS) is 22.4. The first-order chi connectivity index (χ1) is 5.33. The number of hydrogen-bond acceptors (Lipinski definition) is 2. The molecule has 0 spiro atoms. The Labute approximate surface area is 69.8 Å². The van der Waals surface area contributed by atoms with Crippen LogP contribution < -0.4 is 10.6 Å². The van der Waals surface area contributed by atoms with Gasteiger partial charge in [-0.2, -0.15) is 0 Å². The Hall–Kier alpha value is -0.0800. The first-order valence-corrected chi connectivity index (χ1v) is 4.73. The van der Waals surface area contributed by atoms with E-state index in [1.807, 2.05) is 7.05 Å². The Morgan fingerprint density at radius 2 is 2.00 bits per heavy atom. The number of nitrogens with one attached hydrogen (secondary N) is 2. The molecule has 0 heterocycles. The molecule has 0 radical (unpaired) electrons. The van der Waals surface area contributed by atoms with Crippen LogP contribution in [0.4, 0.5) is 0 Å². The lowest BCUT2D eigenvalue weighted by Gasteiger charge is -2.15. The molecule has 0 bridgehead atoms. The highest BCUT2D eigenvalue weighted by Crippen LogP contribution is 2.17. The van der Waals surface area contributed by atoms with Gasteiger partial charge >= 0.3 is 0 Å². The summed E-state index contributed by atoms with van der Waals surface area (Å²) in [7, 11) is 2.01. The minimum absolute atomic E-state index is 0.607. The van der Waals surface area contributed by atoms with E-state index in [4.69, 9.17) is 0 Å². The molecule has 1 saturated carbocycles. The van der Waals surface area contributed by atoms with Gasteiger partial charge in [-0.3, -0.25) is 0 Å². The minimum Gasteiger partial charge on any atom is -0.316 e. The summed E-state index contributed by atoms with van der Waals surface area (Å²) in [6, 6.07) is 1.42. The topological polar surface area (TPSA) is 24.1 Å². The highest BCUT2D eigenvalue weighted by Gasteiger charge is 2.14. The predicted octanol–water partition coefficient (Wildman–Crippen LogP) is 1.13. The van der Waals surface area contributed by atoms with Crippen LogP contribution in [0.1, 0.15) is 32.6 Å². The highest BCUT2D eigenvalue weighted by atomic mass is 15.0. The van der Waals surface area contributed by atoms with Crippen LogP contribution in [0.25, 0.3) is 0 Å². The largest absolute Gasteiger partial charge is 0.316 e. The summed E-state index contributed by atoms with van der Waals surface area (Å²) < 4.78 is 0. The Balaban J connectivity index is 2.01. The summed E-state index contributed by atoms with van der Waals surface area (Å²) in [5, 5.41) is 6.80. The van der Waals surface area contributed by atoms with Crippen LogP contribution >= 0.6 is 0 Å². The van der Waals surface area contributed by atoms with E-state index >= 15 is 0 Å². The van der Waals surface area contributed by atoms with Crippen molar-refractivity contribution in [2.24, 2.45) is 0 Å². The predicted molar refractivity (Wildman–Crippen MR) is 48.8 cm³/mol. The third kappa shape index (κ3) is 3.21. The minimum atomic E-state index is 0.607. The Bertz CT molecular complexity index is 97.7. The van der Waals surface area contributed by atoms with Crippen LogP contribution in [-0.4, -0.2) is 25.7 Å². The van der Waals surface area contributed by atoms with Gasteiger partial charge in [0.1, 0.15) is 0 Å². The SMILES string of the molecule is CN[C@@H](C)CNC1CCCC1. The summed E-state index contributed by atoms with van der Waals surface area (Å²) in [4.78, 5) is 0. The maximum Gasteiger partial charge on any atom is 0.0161 e. The molecule has 11 heavy (non-hydrogen) atoms. The first-order valence-electron chi connectivity index (χ1n) is 4.73. The summed E-state index contributed by atoms with van der Waals surface area (Å²) in [6.45, 7) is 3.32. The van der Waals surface area contributed by atoms with Crippen molar-refractivity contribution in [2.75, 3.05) is 13.6 Å². The van der Waals surface area contributed by atoms with Gasteiger partial charge < -0.3 is 10.6 Å². The van der Waals surface area contributed by atoms with Gasteiger partial charge in [-0.1, -0.05) is 12.8 Å². The molecule has 2 N–H and O–H groups in total. The van der Waals surface area contributed by atoms with Gasteiger partial charge in [0.25, 0.3) is 0 Å². The number of likely N-dealkylation sites (N-methyl/N-ethyl adjacent to an activating group) is 1. The number of rotatable bonds is 4. The molecule has 2 heteroatoms. The average Bonchev–Trinajstić information content (AvgIpc) is 2.52. The molecule has 0 unspecified atom stereocenters. The van der Waals surface area contributed by atoms with Crippen molar-refractivity contribution in [3.63, 3.8) is 0 Å². The van der Waals surface area contributed by atoms with E-state index in [1.165, 1.54) is 25.7 Å². The lowest BCUT2D eigenvalue weighted by molar-refractivity contribution is 0.469. The van der Waals surface area contributed by atoms with Crippen molar-refractivity contribution in [3.8, 4) is 0 Å². The summed E-state index contributed by atoms with van der Waals surface area (Å²) in [5.41, 5.74) is 0. The van der Waals surface area contributed by atoms with Crippen molar-refractivity contribution in [3.05, 3.63) is 0 Å². The van der Waals surface area contributed by atoms with Crippen LogP contribution in [0.15, 0.2) is 0 Å². The third-order valence-corrected chi connectivity index (χ3v) is 2.56. The molecular formula is C9H20N2. The second-order valence-corrected chi connectivity index (χ2v) is 3.58. The molecule has 0 aromatic carbocycles. The van der Waals surface area contributed by atoms with Gasteiger partial charge in [0.2, 0.25) is 0 Å². The van der Waals surface area contributed by atoms with Gasteiger partial charge in [0.05, 0.1) is 0 Å². The Kier molecular flexibility index (Phi) is 3.87. The zero-order valence-electron chi connectivity index (χ0n) is 7.69. The molecule has 1 atom stereocenters. The zero-order chi connectivity index (χ0) is 8.10. The second-order valence-electron chi connectivity index (χ2n) is 3.58. The van der Waals surface area contributed by atoms with Crippen LogP contribution in [0.3, 0.4) is 0 Å². The molecule has 0 amide bonds. The smallest absolute Gasteiger partial charge is 0.0161 e. The van der Waals surface area contributed by atoms with E-state index in [2.05, 4.69) is 17.6 Å². The van der Waals surface area contributed by atoms with E-state index in [0.29, 0.717) is 6.04 Å².